The van der Waals surface area contributed by atoms with E-state index < -0.39 is 0 Å². The van der Waals surface area contributed by atoms with Crippen LogP contribution in [0.1, 0.15) is 34.6 Å². The van der Waals surface area contributed by atoms with Gasteiger partial charge >= 0.3 is 0 Å². The Morgan fingerprint density at radius 2 is 1.93 bits per heavy atom. The molecule has 1 aliphatic rings. The molecule has 1 fully saturated rings. The van der Waals surface area contributed by atoms with Crippen molar-refractivity contribution in [2.75, 3.05) is 20.1 Å². The average Bonchev–Trinajstić information content (AvgIpc) is 3.29. The van der Waals surface area contributed by atoms with Crippen LogP contribution in [0.25, 0.3) is 0 Å². The van der Waals surface area contributed by atoms with Crippen LogP contribution in [0, 0.1) is 0 Å². The summed E-state index contributed by atoms with van der Waals surface area (Å²) in [7, 11) is 1.78. The van der Waals surface area contributed by atoms with Crippen LogP contribution < -0.4 is 4.74 Å². The lowest BCUT2D eigenvalue weighted by atomic mass is 10.1. The molecule has 7 nitrogen and oxygen atoms in total. The van der Waals surface area contributed by atoms with Crippen LogP contribution in [0.4, 0.5) is 0 Å². The molecule has 2 aromatic heterocycles. The van der Waals surface area contributed by atoms with E-state index in [4.69, 9.17) is 4.74 Å². The Balaban J connectivity index is 1.25. The summed E-state index contributed by atoms with van der Waals surface area (Å²) in [6, 6.07) is 15.3. The van der Waals surface area contributed by atoms with Gasteiger partial charge in [0, 0.05) is 44.6 Å². The predicted octanol–water partition coefficient (Wildman–Crippen LogP) is 3.12. The number of aromatic amines is 1. The van der Waals surface area contributed by atoms with Gasteiger partial charge in [-0.05, 0) is 55.3 Å². The van der Waals surface area contributed by atoms with E-state index in [1.807, 2.05) is 48.7 Å². The molecule has 156 valence electrons. The number of hydrogen-bond acceptors (Lipinski definition) is 5. The van der Waals surface area contributed by atoms with Crippen LogP contribution in [0.3, 0.4) is 0 Å². The molecule has 1 aliphatic heterocycles. The zero-order valence-corrected chi connectivity index (χ0v) is 17.2. The first kappa shape index (κ1) is 20.1. The molecule has 0 aliphatic carbocycles. The highest BCUT2D eigenvalue weighted by atomic mass is 16.5. The SMILES string of the molecule is CN(Cc1ccn[nH]1)C(=O)c1ccc(OC2CCN(Cc3ccccn3)CC2)cc1. The molecule has 4 rings (SSSR count). The van der Waals surface area contributed by atoms with Crippen molar-refractivity contribution in [2.24, 2.45) is 0 Å². The number of amides is 1. The Labute approximate surface area is 176 Å². The molecule has 0 unspecified atom stereocenters. The van der Waals surface area contributed by atoms with Gasteiger partial charge in [-0.3, -0.25) is 19.8 Å². The van der Waals surface area contributed by atoms with Gasteiger partial charge in [0.15, 0.2) is 0 Å². The first-order chi connectivity index (χ1) is 14.7. The third kappa shape index (κ3) is 5.24. The van der Waals surface area contributed by atoms with Crippen molar-refractivity contribution in [3.63, 3.8) is 0 Å². The molecule has 1 saturated heterocycles. The van der Waals surface area contributed by atoms with Crippen LogP contribution in [0.15, 0.2) is 60.9 Å². The number of ether oxygens (including phenoxy) is 1. The van der Waals surface area contributed by atoms with E-state index in [1.54, 1.807) is 18.1 Å². The minimum Gasteiger partial charge on any atom is -0.490 e. The number of carbonyl (C=O) groups is 1. The third-order valence-corrected chi connectivity index (χ3v) is 5.36. The molecule has 1 aromatic carbocycles. The molecular weight excluding hydrogens is 378 g/mol. The van der Waals surface area contributed by atoms with Gasteiger partial charge in [0.25, 0.3) is 5.91 Å². The van der Waals surface area contributed by atoms with E-state index in [0.717, 1.165) is 49.6 Å². The Morgan fingerprint density at radius 3 is 2.60 bits per heavy atom. The van der Waals surface area contributed by atoms with Gasteiger partial charge in [-0.25, -0.2) is 0 Å². The highest BCUT2D eigenvalue weighted by Gasteiger charge is 2.21. The number of hydrogen-bond donors (Lipinski definition) is 1. The fraction of sp³-hybridized carbons (Fsp3) is 0.348. The maximum atomic E-state index is 12.6. The van der Waals surface area contributed by atoms with Crippen molar-refractivity contribution in [2.45, 2.75) is 32.0 Å². The number of rotatable bonds is 7. The zero-order chi connectivity index (χ0) is 20.8. The lowest BCUT2D eigenvalue weighted by molar-refractivity contribution is 0.0783. The minimum absolute atomic E-state index is 0.0287. The standard InChI is InChI=1S/C23H27N5O2/c1-27(16-20-9-13-25-26-20)23(29)18-5-7-21(8-6-18)30-22-10-14-28(15-11-22)17-19-4-2-3-12-24-19/h2-9,12-13,22H,10-11,14-17H2,1H3,(H,25,26). The number of piperidine rings is 1. The summed E-state index contributed by atoms with van der Waals surface area (Å²) < 4.78 is 6.15. The van der Waals surface area contributed by atoms with E-state index in [9.17, 15) is 4.79 Å². The highest BCUT2D eigenvalue weighted by molar-refractivity contribution is 5.94. The van der Waals surface area contributed by atoms with Crippen molar-refractivity contribution in [1.82, 2.24) is 25.0 Å². The largest absolute Gasteiger partial charge is 0.490 e. The van der Waals surface area contributed by atoms with Crippen molar-refractivity contribution >= 4 is 5.91 Å². The lowest BCUT2D eigenvalue weighted by Gasteiger charge is -2.31. The second-order valence-electron chi connectivity index (χ2n) is 7.68. The molecule has 0 spiro atoms. The number of nitrogens with zero attached hydrogens (tertiary/aromatic N) is 4. The first-order valence-electron chi connectivity index (χ1n) is 10.3. The molecule has 30 heavy (non-hydrogen) atoms. The minimum atomic E-state index is -0.0287. The topological polar surface area (TPSA) is 74.3 Å². The summed E-state index contributed by atoms with van der Waals surface area (Å²) in [5.41, 5.74) is 2.66. The van der Waals surface area contributed by atoms with Gasteiger partial charge in [0.1, 0.15) is 11.9 Å². The van der Waals surface area contributed by atoms with Crippen LogP contribution in [-0.4, -0.2) is 57.1 Å². The lowest BCUT2D eigenvalue weighted by Crippen LogP contribution is -2.37. The summed E-state index contributed by atoms with van der Waals surface area (Å²) >= 11 is 0. The monoisotopic (exact) mass is 405 g/mol. The number of aromatic nitrogens is 3. The van der Waals surface area contributed by atoms with E-state index >= 15 is 0 Å². The fourth-order valence-electron chi connectivity index (χ4n) is 3.69. The summed E-state index contributed by atoms with van der Waals surface area (Å²) in [6.45, 7) is 3.37. The van der Waals surface area contributed by atoms with E-state index in [1.165, 1.54) is 0 Å². The number of benzene rings is 1. The molecule has 0 atom stereocenters. The van der Waals surface area contributed by atoms with Crippen LogP contribution in [0.2, 0.25) is 0 Å². The van der Waals surface area contributed by atoms with Crippen molar-refractivity contribution < 1.29 is 9.53 Å². The normalized spacial score (nSPS) is 15.1. The van der Waals surface area contributed by atoms with Crippen molar-refractivity contribution in [1.29, 1.82) is 0 Å². The third-order valence-electron chi connectivity index (χ3n) is 5.36. The van der Waals surface area contributed by atoms with Crippen molar-refractivity contribution in [3.05, 3.63) is 77.9 Å². The number of likely N-dealkylation sites (tertiary alicyclic amines) is 1. The molecule has 7 heteroatoms. The number of nitrogens with one attached hydrogen (secondary N) is 1. The molecule has 3 heterocycles. The Bertz CT molecular complexity index is 920. The average molecular weight is 406 g/mol. The highest BCUT2D eigenvalue weighted by Crippen LogP contribution is 2.21. The van der Waals surface area contributed by atoms with Gasteiger partial charge in [-0.2, -0.15) is 5.10 Å². The van der Waals surface area contributed by atoms with Gasteiger partial charge in [-0.15, -0.1) is 0 Å². The number of carbonyl (C=O) groups excluding carboxylic acids is 1. The van der Waals surface area contributed by atoms with E-state index in [0.29, 0.717) is 12.1 Å². The molecule has 3 aromatic rings. The predicted molar refractivity (Wildman–Crippen MR) is 114 cm³/mol. The summed E-state index contributed by atoms with van der Waals surface area (Å²) in [6.07, 6.45) is 5.70. The second-order valence-corrected chi connectivity index (χ2v) is 7.68. The van der Waals surface area contributed by atoms with Gasteiger partial charge in [0.05, 0.1) is 17.9 Å². The molecule has 0 radical (unpaired) electrons. The summed E-state index contributed by atoms with van der Waals surface area (Å²) in [5, 5.41) is 6.79. The van der Waals surface area contributed by atoms with E-state index in [-0.39, 0.29) is 12.0 Å². The molecule has 1 amide bonds. The van der Waals surface area contributed by atoms with Crippen LogP contribution in [-0.2, 0) is 13.1 Å². The van der Waals surface area contributed by atoms with Gasteiger partial charge in [0.2, 0.25) is 0 Å². The summed E-state index contributed by atoms with van der Waals surface area (Å²) in [5.74, 6) is 0.782. The molecule has 0 bridgehead atoms. The van der Waals surface area contributed by atoms with Gasteiger partial charge < -0.3 is 9.64 Å². The first-order valence-corrected chi connectivity index (χ1v) is 10.3. The summed E-state index contributed by atoms with van der Waals surface area (Å²) in [4.78, 5) is 21.1. The van der Waals surface area contributed by atoms with E-state index in [2.05, 4.69) is 26.1 Å². The molecular formula is C23H27N5O2. The van der Waals surface area contributed by atoms with Gasteiger partial charge in [-0.1, -0.05) is 6.07 Å². The smallest absolute Gasteiger partial charge is 0.253 e. The zero-order valence-electron chi connectivity index (χ0n) is 17.2. The molecule has 1 N–H and O–H groups in total. The van der Waals surface area contributed by atoms with Crippen molar-refractivity contribution in [3.8, 4) is 5.75 Å². The number of H-pyrrole nitrogens is 1. The maximum absolute atomic E-state index is 12.6. The second kappa shape index (κ2) is 9.54. The Morgan fingerprint density at radius 1 is 1.13 bits per heavy atom. The van der Waals surface area contributed by atoms with Crippen LogP contribution >= 0.6 is 0 Å². The molecule has 0 saturated carbocycles. The maximum Gasteiger partial charge on any atom is 0.253 e. The number of pyridine rings is 1. The van der Waals surface area contributed by atoms with Crippen LogP contribution in [0.5, 0.6) is 5.75 Å². The quantitative estimate of drug-likeness (QED) is 0.654. The fourth-order valence-corrected chi connectivity index (χ4v) is 3.69. The Kier molecular flexibility index (Phi) is 6.39. The Hall–Kier alpha value is -3.19.